The summed E-state index contributed by atoms with van der Waals surface area (Å²) in [6, 6.07) is 0. The molecule has 0 saturated carbocycles. The Kier molecular flexibility index (Phi) is 19.1. The van der Waals surface area contributed by atoms with Gasteiger partial charge in [0, 0.05) is 14.2 Å². The minimum absolute atomic E-state index is 0. The van der Waals surface area contributed by atoms with Crippen molar-refractivity contribution in [3.8, 4) is 0 Å². The molecule has 15 heavy (non-hydrogen) atoms. The Balaban J connectivity index is 0. The van der Waals surface area contributed by atoms with E-state index in [2.05, 4.69) is 0 Å². The van der Waals surface area contributed by atoms with E-state index in [-0.39, 0.29) is 35.8 Å². The first-order chi connectivity index (χ1) is 6.85. The number of hydrogen-bond acceptors (Lipinski definition) is 5. The van der Waals surface area contributed by atoms with Crippen molar-refractivity contribution in [2.24, 2.45) is 0 Å². The van der Waals surface area contributed by atoms with Gasteiger partial charge in [0.2, 0.25) is 0 Å². The van der Waals surface area contributed by atoms with Gasteiger partial charge in [-0.15, -0.1) is 0 Å². The molecule has 0 aliphatic rings. The molecular formula is C8H20AlNaO5. The van der Waals surface area contributed by atoms with Gasteiger partial charge in [0.05, 0.1) is 33.0 Å². The molecule has 0 aromatic rings. The third kappa shape index (κ3) is 13.3. The summed E-state index contributed by atoms with van der Waals surface area (Å²) in [5, 5.41) is 0. The summed E-state index contributed by atoms with van der Waals surface area (Å²) in [6.45, 7) is 2.69. The van der Waals surface area contributed by atoms with Gasteiger partial charge in [-0.3, -0.25) is 0 Å². The Hall–Kier alpha value is 1.33. The van der Waals surface area contributed by atoms with Gasteiger partial charge in [-0.05, 0) is 0 Å². The van der Waals surface area contributed by atoms with E-state index in [4.69, 9.17) is 22.7 Å². The van der Waals surface area contributed by atoms with Gasteiger partial charge in [0.15, 0.2) is 6.29 Å². The average Bonchev–Trinajstić information content (AvgIpc) is 2.22. The van der Waals surface area contributed by atoms with E-state index in [1.165, 1.54) is 0 Å². The van der Waals surface area contributed by atoms with Gasteiger partial charge in [-0.2, -0.15) is 0 Å². The van der Waals surface area contributed by atoms with Gasteiger partial charge in [-0.1, -0.05) is 0 Å². The van der Waals surface area contributed by atoms with Crippen LogP contribution in [0, 0.1) is 0 Å². The van der Waals surface area contributed by atoms with Crippen molar-refractivity contribution >= 4 is 46.2 Å². The predicted molar refractivity (Wildman–Crippen MR) is 61.1 cm³/mol. The zero-order chi connectivity index (χ0) is 10.6. The predicted octanol–water partition coefficient (Wildman–Crippen LogP) is -1.45. The van der Waals surface area contributed by atoms with Gasteiger partial charge in [0.25, 0.3) is 0 Å². The summed E-state index contributed by atoms with van der Waals surface area (Å²) in [7, 11) is 3.27. The molecule has 1 atom stereocenters. The molecule has 0 heterocycles. The van der Waals surface area contributed by atoms with E-state index in [0.717, 1.165) is 0 Å². The quantitative estimate of drug-likeness (QED) is 0.268. The third-order valence-corrected chi connectivity index (χ3v) is 2.07. The van der Waals surface area contributed by atoms with Crippen LogP contribution in [0.15, 0.2) is 0 Å². The fraction of sp³-hybridized carbons (Fsp3) is 1.00. The second-order valence-corrected chi connectivity index (χ2v) is 3.07. The molecule has 5 nitrogen and oxygen atoms in total. The van der Waals surface area contributed by atoms with Crippen LogP contribution in [0.25, 0.3) is 0 Å². The number of ether oxygens (including phenoxy) is 4. The summed E-state index contributed by atoms with van der Waals surface area (Å²) >= 11 is 0.633. The summed E-state index contributed by atoms with van der Waals surface area (Å²) in [4.78, 5) is 0. The summed E-state index contributed by atoms with van der Waals surface area (Å²) < 4.78 is 25.5. The molecule has 0 rings (SSSR count). The van der Waals surface area contributed by atoms with E-state index in [9.17, 15) is 0 Å². The zero-order valence-electron chi connectivity index (χ0n) is 9.15. The van der Waals surface area contributed by atoms with Crippen molar-refractivity contribution in [1.29, 1.82) is 0 Å². The molecular weight excluding hydrogens is 226 g/mol. The van der Waals surface area contributed by atoms with Crippen LogP contribution < -0.4 is 0 Å². The average molecular weight is 246 g/mol. The molecule has 0 fully saturated rings. The summed E-state index contributed by atoms with van der Waals surface area (Å²) in [6.07, 6.45) is -0.270. The maximum atomic E-state index is 5.33. The number of methoxy groups -OCH3 is 2. The van der Waals surface area contributed by atoms with Crippen molar-refractivity contribution in [1.82, 2.24) is 0 Å². The molecule has 0 aliphatic carbocycles. The van der Waals surface area contributed by atoms with Crippen LogP contribution in [-0.4, -0.2) is 99.7 Å². The van der Waals surface area contributed by atoms with Crippen molar-refractivity contribution < 1.29 is 22.7 Å². The molecule has 0 aliphatic heterocycles. The van der Waals surface area contributed by atoms with Gasteiger partial charge < -0.3 is 22.7 Å². The molecule has 86 valence electrons. The Morgan fingerprint density at radius 1 is 1.00 bits per heavy atom. The number of hydrogen-bond donors (Lipinski definition) is 0. The van der Waals surface area contributed by atoms with Gasteiger partial charge >= 0.3 is 46.2 Å². The van der Waals surface area contributed by atoms with Gasteiger partial charge in [0.1, 0.15) is 0 Å². The van der Waals surface area contributed by atoms with E-state index in [1.807, 2.05) is 0 Å². The van der Waals surface area contributed by atoms with Crippen LogP contribution in [0.5, 0.6) is 0 Å². The molecule has 0 aromatic heterocycles. The van der Waals surface area contributed by atoms with Crippen molar-refractivity contribution in [2.45, 2.75) is 6.29 Å². The van der Waals surface area contributed by atoms with Gasteiger partial charge in [-0.25, -0.2) is 0 Å². The Labute approximate surface area is 122 Å². The van der Waals surface area contributed by atoms with Crippen LogP contribution >= 0.6 is 0 Å². The summed E-state index contributed by atoms with van der Waals surface area (Å²) in [5.74, 6) is 0. The molecule has 0 radical (unpaired) electrons. The minimum atomic E-state index is -0.270. The summed E-state index contributed by atoms with van der Waals surface area (Å²) in [5.41, 5.74) is 0. The van der Waals surface area contributed by atoms with Crippen LogP contribution in [-0.2, 0) is 22.7 Å². The molecule has 0 N–H and O–H groups in total. The van der Waals surface area contributed by atoms with Crippen LogP contribution in [0.2, 0.25) is 0 Å². The fourth-order valence-corrected chi connectivity index (χ4v) is 1.04. The molecule has 0 spiro atoms. The first-order valence-corrected chi connectivity index (χ1v) is 5.36. The van der Waals surface area contributed by atoms with Crippen LogP contribution in [0.4, 0.5) is 0 Å². The second kappa shape index (κ2) is 15.3. The van der Waals surface area contributed by atoms with E-state index < -0.39 is 0 Å². The second-order valence-electron chi connectivity index (χ2n) is 2.60. The third-order valence-electron chi connectivity index (χ3n) is 1.54. The number of rotatable bonds is 10. The first kappa shape index (κ1) is 18.7. The van der Waals surface area contributed by atoms with Crippen LogP contribution in [0.3, 0.4) is 0 Å². The van der Waals surface area contributed by atoms with Crippen molar-refractivity contribution in [2.75, 3.05) is 47.3 Å². The molecule has 0 amide bonds. The van der Waals surface area contributed by atoms with Crippen molar-refractivity contribution in [3.05, 3.63) is 0 Å². The Morgan fingerprint density at radius 2 is 1.60 bits per heavy atom. The van der Waals surface area contributed by atoms with E-state index in [0.29, 0.717) is 49.7 Å². The fourth-order valence-electron chi connectivity index (χ4n) is 0.769. The van der Waals surface area contributed by atoms with E-state index in [1.54, 1.807) is 14.2 Å². The molecule has 0 aromatic carbocycles. The first-order valence-electron chi connectivity index (χ1n) is 4.55. The molecule has 0 saturated heterocycles. The SMILES string of the molecule is COCCOCC([O][AlH2])OCCOC.[NaH]. The standard InChI is InChI=1S/C8H17O5.Al.Na.3H/c1-10-3-5-12-7-8(9)13-6-4-11-2;;;;;/h8H,3-7H2,1-2H3;;;;;/q-1;+1;;;;. The molecule has 7 heteroatoms. The van der Waals surface area contributed by atoms with Crippen LogP contribution in [0.1, 0.15) is 0 Å². The maximum absolute atomic E-state index is 5.33. The van der Waals surface area contributed by atoms with E-state index >= 15 is 0 Å². The molecule has 0 bridgehead atoms. The topological polar surface area (TPSA) is 46.2 Å². The Bertz CT molecular complexity index is 119. The molecule has 1 unspecified atom stereocenters. The normalized spacial score (nSPS) is 12.1. The van der Waals surface area contributed by atoms with Crippen molar-refractivity contribution in [3.63, 3.8) is 0 Å². The Morgan fingerprint density at radius 3 is 2.13 bits per heavy atom. The monoisotopic (exact) mass is 246 g/mol. The zero-order valence-corrected chi connectivity index (χ0v) is 11.2.